The summed E-state index contributed by atoms with van der Waals surface area (Å²) in [5, 5.41) is 3.38. The van der Waals surface area contributed by atoms with Crippen LogP contribution in [0, 0.1) is 11.7 Å². The van der Waals surface area contributed by atoms with E-state index in [0.29, 0.717) is 19.1 Å². The zero-order chi connectivity index (χ0) is 19.3. The molecule has 2 aliphatic heterocycles. The van der Waals surface area contributed by atoms with Gasteiger partial charge in [0.2, 0.25) is 0 Å². The molecule has 6 heteroatoms. The number of nitrogens with one attached hydrogen (secondary N) is 1. The van der Waals surface area contributed by atoms with Gasteiger partial charge < -0.3 is 19.7 Å². The van der Waals surface area contributed by atoms with Gasteiger partial charge in [-0.05, 0) is 36.5 Å². The van der Waals surface area contributed by atoms with Gasteiger partial charge in [-0.1, -0.05) is 30.3 Å². The van der Waals surface area contributed by atoms with Gasteiger partial charge in [0.25, 0.3) is 0 Å². The highest BCUT2D eigenvalue weighted by molar-refractivity contribution is 5.80. The number of nitrogens with zero attached hydrogens (tertiary/aromatic N) is 2. The van der Waals surface area contributed by atoms with Gasteiger partial charge in [-0.15, -0.1) is 0 Å². The molecule has 0 aliphatic carbocycles. The fourth-order valence-corrected chi connectivity index (χ4v) is 4.03. The third kappa shape index (κ3) is 4.28. The number of rotatable bonds is 4. The molecule has 2 aliphatic rings. The molecule has 148 valence electrons. The maximum absolute atomic E-state index is 13.9. The molecule has 1 fully saturated rings. The molecule has 4 rings (SSSR count). The molecule has 28 heavy (non-hydrogen) atoms. The van der Waals surface area contributed by atoms with Crippen LogP contribution in [0.2, 0.25) is 0 Å². The maximum atomic E-state index is 13.9. The molecule has 0 aromatic heterocycles. The van der Waals surface area contributed by atoms with Gasteiger partial charge in [-0.2, -0.15) is 0 Å². The average Bonchev–Trinajstić information content (AvgIpc) is 3.17. The lowest BCUT2D eigenvalue weighted by molar-refractivity contribution is -0.0173. The van der Waals surface area contributed by atoms with Crippen LogP contribution in [0.4, 0.5) is 4.39 Å². The molecular formula is C22H26FN3O2. The summed E-state index contributed by atoms with van der Waals surface area (Å²) in [5.74, 6) is 1.91. The molecule has 2 aromatic carbocycles. The molecule has 1 unspecified atom stereocenters. The van der Waals surface area contributed by atoms with Gasteiger partial charge in [-0.3, -0.25) is 4.99 Å². The first-order valence-electron chi connectivity index (χ1n) is 9.74. The van der Waals surface area contributed by atoms with E-state index in [1.165, 1.54) is 17.7 Å². The first-order chi connectivity index (χ1) is 13.7. The van der Waals surface area contributed by atoms with Crippen LogP contribution in [-0.4, -0.2) is 37.8 Å². The Labute approximate surface area is 165 Å². The van der Waals surface area contributed by atoms with Gasteiger partial charge in [0, 0.05) is 37.8 Å². The Hall–Kier alpha value is -2.60. The smallest absolute Gasteiger partial charge is 0.193 e. The Kier molecular flexibility index (Phi) is 5.76. The van der Waals surface area contributed by atoms with Crippen LogP contribution in [0.1, 0.15) is 23.1 Å². The third-order valence-electron chi connectivity index (χ3n) is 5.35. The molecule has 1 atom stereocenters. The minimum atomic E-state index is -0.274. The molecule has 0 radical (unpaired) electrons. The Morgan fingerprint density at radius 3 is 2.96 bits per heavy atom. The van der Waals surface area contributed by atoms with Crippen LogP contribution in [0.25, 0.3) is 0 Å². The van der Waals surface area contributed by atoms with E-state index in [4.69, 9.17) is 9.47 Å². The Morgan fingerprint density at radius 1 is 1.29 bits per heavy atom. The van der Waals surface area contributed by atoms with E-state index in [-0.39, 0.29) is 12.6 Å². The highest BCUT2D eigenvalue weighted by Gasteiger charge is 2.25. The lowest BCUT2D eigenvalue weighted by Gasteiger charge is -2.24. The number of halogens is 1. The number of hydrogen-bond donors (Lipinski definition) is 1. The summed E-state index contributed by atoms with van der Waals surface area (Å²) in [4.78, 5) is 6.71. The van der Waals surface area contributed by atoms with Crippen molar-refractivity contribution in [2.24, 2.45) is 10.9 Å². The Morgan fingerprint density at radius 2 is 2.14 bits per heavy atom. The van der Waals surface area contributed by atoms with Crippen molar-refractivity contribution in [2.45, 2.75) is 26.0 Å². The van der Waals surface area contributed by atoms with E-state index >= 15 is 0 Å². The molecule has 0 amide bonds. The minimum Gasteiger partial charge on any atom is -0.467 e. The van der Waals surface area contributed by atoms with Crippen molar-refractivity contribution < 1.29 is 13.9 Å². The summed E-state index contributed by atoms with van der Waals surface area (Å²) in [6.07, 6.45) is 2.23. The number of aliphatic imine (C=N–C) groups is 1. The van der Waals surface area contributed by atoms with Crippen LogP contribution in [0.5, 0.6) is 5.75 Å². The third-order valence-corrected chi connectivity index (χ3v) is 5.35. The monoisotopic (exact) mass is 383 g/mol. The molecule has 0 spiro atoms. The lowest BCUT2D eigenvalue weighted by Crippen LogP contribution is -2.39. The molecule has 1 N–H and O–H groups in total. The minimum absolute atomic E-state index is 0.202. The second kappa shape index (κ2) is 8.61. The first-order valence-corrected chi connectivity index (χ1v) is 9.74. The van der Waals surface area contributed by atoms with Crippen molar-refractivity contribution >= 4 is 5.96 Å². The largest absolute Gasteiger partial charge is 0.467 e. The summed E-state index contributed by atoms with van der Waals surface area (Å²) >= 11 is 0. The SMILES string of the molecule is CN=C(NCc1cc(F)cc2c1OCOC2)N1CCC(Cc2ccccc2)C1. The molecule has 2 heterocycles. The average molecular weight is 383 g/mol. The highest BCUT2D eigenvalue weighted by Crippen LogP contribution is 2.29. The van der Waals surface area contributed by atoms with Crippen molar-refractivity contribution in [1.29, 1.82) is 0 Å². The summed E-state index contributed by atoms with van der Waals surface area (Å²) in [6, 6.07) is 13.6. The van der Waals surface area contributed by atoms with E-state index in [1.807, 2.05) is 0 Å². The number of ether oxygens (including phenoxy) is 2. The van der Waals surface area contributed by atoms with E-state index < -0.39 is 0 Å². The molecule has 0 saturated carbocycles. The standard InChI is InChI=1S/C22H26FN3O2/c1-24-22(26-8-7-17(13-26)9-16-5-3-2-4-6-16)25-12-18-10-20(23)11-19-14-27-15-28-21(18)19/h2-6,10-11,17H,7-9,12-15H2,1H3,(H,24,25). The predicted molar refractivity (Wildman–Crippen MR) is 107 cm³/mol. The van der Waals surface area contributed by atoms with Crippen LogP contribution >= 0.6 is 0 Å². The van der Waals surface area contributed by atoms with E-state index in [2.05, 4.69) is 45.5 Å². The zero-order valence-electron chi connectivity index (χ0n) is 16.2. The molecule has 2 aromatic rings. The topological polar surface area (TPSA) is 46.1 Å². The maximum Gasteiger partial charge on any atom is 0.193 e. The van der Waals surface area contributed by atoms with E-state index in [1.54, 1.807) is 7.05 Å². The number of guanidine groups is 1. The van der Waals surface area contributed by atoms with Crippen molar-refractivity contribution in [2.75, 3.05) is 26.9 Å². The zero-order valence-corrected chi connectivity index (χ0v) is 16.2. The number of fused-ring (bicyclic) bond motifs is 1. The number of benzene rings is 2. The Balaban J connectivity index is 1.38. The van der Waals surface area contributed by atoms with Crippen LogP contribution in [0.3, 0.4) is 0 Å². The van der Waals surface area contributed by atoms with Crippen LogP contribution in [0.15, 0.2) is 47.5 Å². The molecule has 1 saturated heterocycles. The van der Waals surface area contributed by atoms with Gasteiger partial charge in [-0.25, -0.2) is 4.39 Å². The number of hydrogen-bond acceptors (Lipinski definition) is 3. The van der Waals surface area contributed by atoms with Gasteiger partial charge in [0.1, 0.15) is 11.6 Å². The van der Waals surface area contributed by atoms with Crippen molar-refractivity contribution in [3.05, 3.63) is 65.0 Å². The fraction of sp³-hybridized carbons (Fsp3) is 0.409. The lowest BCUT2D eigenvalue weighted by atomic mass is 9.99. The second-order valence-corrected chi connectivity index (χ2v) is 7.36. The quantitative estimate of drug-likeness (QED) is 0.650. The van der Waals surface area contributed by atoms with Crippen molar-refractivity contribution in [1.82, 2.24) is 10.2 Å². The Bertz CT molecular complexity index is 841. The van der Waals surface area contributed by atoms with Crippen LogP contribution < -0.4 is 10.1 Å². The number of likely N-dealkylation sites (tertiary alicyclic amines) is 1. The van der Waals surface area contributed by atoms with Crippen molar-refractivity contribution in [3.63, 3.8) is 0 Å². The van der Waals surface area contributed by atoms with E-state index in [0.717, 1.165) is 48.8 Å². The fourth-order valence-electron chi connectivity index (χ4n) is 4.03. The van der Waals surface area contributed by atoms with Gasteiger partial charge >= 0.3 is 0 Å². The summed E-state index contributed by atoms with van der Waals surface area (Å²) in [5.41, 5.74) is 2.92. The van der Waals surface area contributed by atoms with Gasteiger partial charge in [0.15, 0.2) is 12.8 Å². The second-order valence-electron chi connectivity index (χ2n) is 7.36. The summed E-state index contributed by atoms with van der Waals surface area (Å²) in [6.45, 7) is 2.99. The normalized spacial score (nSPS) is 19.3. The molecule has 0 bridgehead atoms. The highest BCUT2D eigenvalue weighted by atomic mass is 19.1. The molecular weight excluding hydrogens is 357 g/mol. The first kappa shape index (κ1) is 18.7. The van der Waals surface area contributed by atoms with E-state index in [9.17, 15) is 4.39 Å². The van der Waals surface area contributed by atoms with Crippen molar-refractivity contribution in [3.8, 4) is 5.75 Å². The summed E-state index contributed by atoms with van der Waals surface area (Å²) in [7, 11) is 1.79. The van der Waals surface area contributed by atoms with Crippen LogP contribution in [-0.2, 0) is 24.3 Å². The molecule has 5 nitrogen and oxygen atoms in total. The predicted octanol–water partition coefficient (Wildman–Crippen LogP) is 3.33. The van der Waals surface area contributed by atoms with Gasteiger partial charge in [0.05, 0.1) is 6.61 Å². The summed E-state index contributed by atoms with van der Waals surface area (Å²) < 4.78 is 24.8.